The van der Waals surface area contributed by atoms with Crippen molar-refractivity contribution in [3.05, 3.63) is 25.2 Å². The molecule has 1 N–H and O–H groups in total. The first-order valence-electron chi connectivity index (χ1n) is 7.43. The Labute approximate surface area is 119 Å². The summed E-state index contributed by atoms with van der Waals surface area (Å²) in [4.78, 5) is 0. The fraction of sp³-hybridized carbons (Fsp3) is 0.750. The second kappa shape index (κ2) is 22.2. The summed E-state index contributed by atoms with van der Waals surface area (Å²) in [6.45, 7) is 9.31. The highest BCUT2D eigenvalue weighted by molar-refractivity contribution is 4.72. The van der Waals surface area contributed by atoms with Crippen molar-refractivity contribution in [3.63, 3.8) is 0 Å². The number of aliphatic hydroxyl groups excluding tert-OH is 1. The minimum Gasteiger partial charge on any atom is -0.502 e. The van der Waals surface area contributed by atoms with Crippen LogP contribution in [-0.4, -0.2) is 24.9 Å². The number of rotatable bonds is 12. The predicted molar refractivity (Wildman–Crippen MR) is 82.0 cm³/mol. The SMILES string of the molecule is C=COCCCCO.CCCCCCC=COCC. The number of hydrogen-bond acceptors (Lipinski definition) is 3. The summed E-state index contributed by atoms with van der Waals surface area (Å²) in [7, 11) is 0. The standard InChI is InChI=1S/C10H20O.C6H12O2/c1-3-5-6-7-8-9-10-11-4-2;1-2-8-6-4-3-5-7/h9-10H,3-8H2,1-2H3;2,7H,1,3-6H2. The zero-order valence-electron chi connectivity index (χ0n) is 12.8. The lowest BCUT2D eigenvalue weighted by molar-refractivity contribution is 0.220. The van der Waals surface area contributed by atoms with Gasteiger partial charge in [0.25, 0.3) is 0 Å². The topological polar surface area (TPSA) is 38.7 Å². The molecule has 0 heterocycles. The van der Waals surface area contributed by atoms with Gasteiger partial charge >= 0.3 is 0 Å². The molecule has 0 saturated heterocycles. The first-order valence-corrected chi connectivity index (χ1v) is 7.43. The summed E-state index contributed by atoms with van der Waals surface area (Å²) in [5, 5.41) is 8.28. The molecule has 0 atom stereocenters. The van der Waals surface area contributed by atoms with Gasteiger partial charge < -0.3 is 14.6 Å². The normalized spacial score (nSPS) is 9.84. The van der Waals surface area contributed by atoms with Gasteiger partial charge in [-0.2, -0.15) is 0 Å². The van der Waals surface area contributed by atoms with Crippen molar-refractivity contribution >= 4 is 0 Å². The van der Waals surface area contributed by atoms with Crippen LogP contribution in [0.4, 0.5) is 0 Å². The Morgan fingerprint density at radius 1 is 1.00 bits per heavy atom. The van der Waals surface area contributed by atoms with Gasteiger partial charge in [0.1, 0.15) is 0 Å². The smallest absolute Gasteiger partial charge is 0.0873 e. The van der Waals surface area contributed by atoms with Crippen LogP contribution in [-0.2, 0) is 9.47 Å². The van der Waals surface area contributed by atoms with E-state index < -0.39 is 0 Å². The highest BCUT2D eigenvalue weighted by Gasteiger charge is 1.83. The molecule has 0 aliphatic heterocycles. The van der Waals surface area contributed by atoms with Gasteiger partial charge in [-0.15, -0.1) is 0 Å². The molecule has 0 aliphatic rings. The third kappa shape index (κ3) is 26.6. The monoisotopic (exact) mass is 272 g/mol. The fourth-order valence-electron chi connectivity index (χ4n) is 1.30. The molecular weight excluding hydrogens is 240 g/mol. The first kappa shape index (κ1) is 20.4. The van der Waals surface area contributed by atoms with Crippen LogP contribution in [0.15, 0.2) is 25.2 Å². The first-order chi connectivity index (χ1) is 9.33. The Balaban J connectivity index is 0. The van der Waals surface area contributed by atoms with E-state index in [-0.39, 0.29) is 6.61 Å². The number of aliphatic hydroxyl groups is 1. The lowest BCUT2D eigenvalue weighted by Crippen LogP contribution is -1.89. The second-order valence-electron chi connectivity index (χ2n) is 4.14. The largest absolute Gasteiger partial charge is 0.502 e. The summed E-state index contributed by atoms with van der Waals surface area (Å²) >= 11 is 0. The van der Waals surface area contributed by atoms with Crippen LogP contribution in [0.2, 0.25) is 0 Å². The Bertz CT molecular complexity index is 179. The van der Waals surface area contributed by atoms with E-state index in [2.05, 4.69) is 19.6 Å². The number of unbranched alkanes of at least 4 members (excludes halogenated alkanes) is 5. The molecule has 114 valence electrons. The third-order valence-corrected chi connectivity index (χ3v) is 2.37. The van der Waals surface area contributed by atoms with E-state index in [1.165, 1.54) is 38.4 Å². The zero-order valence-corrected chi connectivity index (χ0v) is 12.8. The molecule has 0 radical (unpaired) electrons. The summed E-state index contributed by atoms with van der Waals surface area (Å²) in [5.74, 6) is 0. The zero-order chi connectivity index (χ0) is 14.6. The Morgan fingerprint density at radius 2 is 1.79 bits per heavy atom. The van der Waals surface area contributed by atoms with Gasteiger partial charge in [0.15, 0.2) is 0 Å². The highest BCUT2D eigenvalue weighted by Crippen LogP contribution is 2.02. The van der Waals surface area contributed by atoms with Crippen molar-refractivity contribution < 1.29 is 14.6 Å². The quantitative estimate of drug-likeness (QED) is 0.422. The molecule has 0 aliphatic carbocycles. The maximum absolute atomic E-state index is 8.28. The molecule has 0 fully saturated rings. The van der Waals surface area contributed by atoms with Gasteiger partial charge in [-0.3, -0.25) is 0 Å². The van der Waals surface area contributed by atoms with Crippen LogP contribution >= 0.6 is 0 Å². The van der Waals surface area contributed by atoms with Crippen molar-refractivity contribution in [2.75, 3.05) is 19.8 Å². The summed E-state index contributed by atoms with van der Waals surface area (Å²) in [6, 6.07) is 0. The van der Waals surface area contributed by atoms with Gasteiger partial charge in [0.05, 0.1) is 25.7 Å². The van der Waals surface area contributed by atoms with E-state index in [9.17, 15) is 0 Å². The van der Waals surface area contributed by atoms with Crippen molar-refractivity contribution in [1.82, 2.24) is 0 Å². The molecule has 0 aromatic carbocycles. The van der Waals surface area contributed by atoms with Crippen molar-refractivity contribution in [2.24, 2.45) is 0 Å². The van der Waals surface area contributed by atoms with E-state index in [1.54, 1.807) is 0 Å². The molecule has 0 aromatic heterocycles. The summed E-state index contributed by atoms with van der Waals surface area (Å²) in [5.41, 5.74) is 0. The minimum atomic E-state index is 0.250. The third-order valence-electron chi connectivity index (χ3n) is 2.37. The molecule has 3 nitrogen and oxygen atoms in total. The molecule has 0 saturated carbocycles. The van der Waals surface area contributed by atoms with Crippen LogP contribution < -0.4 is 0 Å². The lowest BCUT2D eigenvalue weighted by Gasteiger charge is -1.95. The van der Waals surface area contributed by atoms with Gasteiger partial charge in [0, 0.05) is 6.61 Å². The van der Waals surface area contributed by atoms with Crippen LogP contribution in [0, 0.1) is 0 Å². The molecule has 0 unspecified atom stereocenters. The maximum atomic E-state index is 8.28. The Morgan fingerprint density at radius 3 is 2.37 bits per heavy atom. The van der Waals surface area contributed by atoms with Crippen LogP contribution in [0.25, 0.3) is 0 Å². The van der Waals surface area contributed by atoms with Crippen molar-refractivity contribution in [3.8, 4) is 0 Å². The molecule has 0 amide bonds. The molecule has 0 rings (SSSR count). The van der Waals surface area contributed by atoms with E-state index >= 15 is 0 Å². The van der Waals surface area contributed by atoms with E-state index in [0.29, 0.717) is 6.61 Å². The molecule has 0 bridgehead atoms. The van der Waals surface area contributed by atoms with Crippen LogP contribution in [0.5, 0.6) is 0 Å². The minimum absolute atomic E-state index is 0.250. The summed E-state index contributed by atoms with van der Waals surface area (Å²) < 4.78 is 9.85. The highest BCUT2D eigenvalue weighted by atomic mass is 16.5. The molecule has 3 heteroatoms. The fourth-order valence-corrected chi connectivity index (χ4v) is 1.30. The second-order valence-corrected chi connectivity index (χ2v) is 4.14. The van der Waals surface area contributed by atoms with E-state index in [0.717, 1.165) is 19.4 Å². The summed E-state index contributed by atoms with van der Waals surface area (Å²) in [6.07, 6.45) is 13.6. The number of allylic oxidation sites excluding steroid dienone is 1. The van der Waals surface area contributed by atoms with Crippen LogP contribution in [0.3, 0.4) is 0 Å². The average Bonchev–Trinajstić information content (AvgIpc) is 2.44. The van der Waals surface area contributed by atoms with E-state index in [1.807, 2.05) is 13.2 Å². The number of ether oxygens (including phenoxy) is 2. The van der Waals surface area contributed by atoms with Gasteiger partial charge in [-0.05, 0) is 38.7 Å². The average molecular weight is 272 g/mol. The van der Waals surface area contributed by atoms with Gasteiger partial charge in [-0.25, -0.2) is 0 Å². The Hall–Kier alpha value is -0.960. The molecule has 19 heavy (non-hydrogen) atoms. The van der Waals surface area contributed by atoms with Gasteiger partial charge in [-0.1, -0.05) is 32.8 Å². The molecule has 0 aromatic rings. The van der Waals surface area contributed by atoms with Gasteiger partial charge in [0.2, 0.25) is 0 Å². The van der Waals surface area contributed by atoms with E-state index in [4.69, 9.17) is 14.6 Å². The molecule has 0 spiro atoms. The maximum Gasteiger partial charge on any atom is 0.0873 e. The predicted octanol–water partition coefficient (Wildman–Crippen LogP) is 4.43. The lowest BCUT2D eigenvalue weighted by atomic mass is 10.2. The Kier molecular flexibility index (Phi) is 23.8. The number of hydrogen-bond donors (Lipinski definition) is 1. The molecular formula is C16H32O3. The van der Waals surface area contributed by atoms with Crippen LogP contribution in [0.1, 0.15) is 58.8 Å². The van der Waals surface area contributed by atoms with Crippen molar-refractivity contribution in [1.29, 1.82) is 0 Å². The van der Waals surface area contributed by atoms with Crippen molar-refractivity contribution in [2.45, 2.75) is 58.8 Å².